The molecule has 0 bridgehead atoms. The van der Waals surface area contributed by atoms with Crippen molar-refractivity contribution in [3.05, 3.63) is 23.8 Å². The molecule has 0 aliphatic carbocycles. The second-order valence-corrected chi connectivity index (χ2v) is 5.85. The summed E-state index contributed by atoms with van der Waals surface area (Å²) in [4.78, 5) is 2.53. The first-order valence-electron chi connectivity index (χ1n) is 7.35. The lowest BCUT2D eigenvalue weighted by molar-refractivity contribution is 0.149. The Bertz CT molecular complexity index is 417. The van der Waals surface area contributed by atoms with E-state index in [0.717, 1.165) is 18.0 Å². The molecule has 1 unspecified atom stereocenters. The number of rotatable bonds is 4. The van der Waals surface area contributed by atoms with Crippen LogP contribution in [-0.4, -0.2) is 23.6 Å². The van der Waals surface area contributed by atoms with E-state index in [1.54, 1.807) is 0 Å². The lowest BCUT2D eigenvalue weighted by Crippen LogP contribution is -2.36. The van der Waals surface area contributed by atoms with Gasteiger partial charge in [0.05, 0.1) is 6.10 Å². The van der Waals surface area contributed by atoms with Gasteiger partial charge in [-0.15, -0.1) is 0 Å². The van der Waals surface area contributed by atoms with Crippen LogP contribution in [0.25, 0.3) is 0 Å². The Morgan fingerprint density at radius 3 is 2.84 bits per heavy atom. The minimum Gasteiger partial charge on any atom is -0.491 e. The van der Waals surface area contributed by atoms with Crippen LogP contribution >= 0.6 is 0 Å². The molecule has 0 saturated carbocycles. The van der Waals surface area contributed by atoms with E-state index in [9.17, 15) is 0 Å². The molecule has 1 fully saturated rings. The van der Waals surface area contributed by atoms with Crippen LogP contribution in [0.3, 0.4) is 0 Å². The van der Waals surface area contributed by atoms with Crippen LogP contribution in [0.15, 0.2) is 18.2 Å². The summed E-state index contributed by atoms with van der Waals surface area (Å²) >= 11 is 0. The van der Waals surface area contributed by atoms with Gasteiger partial charge in [-0.2, -0.15) is 0 Å². The zero-order valence-corrected chi connectivity index (χ0v) is 12.4. The number of benzene rings is 1. The summed E-state index contributed by atoms with van der Waals surface area (Å²) in [5.74, 6) is 0.974. The first-order chi connectivity index (χ1) is 9.06. The van der Waals surface area contributed by atoms with E-state index in [1.807, 2.05) is 12.1 Å². The van der Waals surface area contributed by atoms with Gasteiger partial charge in [0.15, 0.2) is 0 Å². The number of hydrogen-bond acceptors (Lipinski definition) is 3. The molecule has 1 heterocycles. The highest BCUT2D eigenvalue weighted by atomic mass is 16.5. The average molecular weight is 262 g/mol. The molecule has 19 heavy (non-hydrogen) atoms. The SMILES string of the molecule is CC(C)Oc1ccc(N)cc1CN1CCCCC1C. The molecule has 0 spiro atoms. The maximum absolute atomic E-state index is 5.92. The predicted octanol–water partition coefficient (Wildman–Crippen LogP) is 3.43. The predicted molar refractivity (Wildman–Crippen MR) is 80.3 cm³/mol. The zero-order chi connectivity index (χ0) is 13.8. The van der Waals surface area contributed by atoms with Crippen LogP contribution < -0.4 is 10.5 Å². The fourth-order valence-electron chi connectivity index (χ4n) is 2.70. The van der Waals surface area contributed by atoms with Gasteiger partial charge in [0.1, 0.15) is 5.75 Å². The summed E-state index contributed by atoms with van der Waals surface area (Å²) in [6.45, 7) is 8.55. The number of ether oxygens (including phenoxy) is 1. The van der Waals surface area contributed by atoms with Crippen molar-refractivity contribution in [2.24, 2.45) is 0 Å². The second kappa shape index (κ2) is 6.29. The molecule has 0 radical (unpaired) electrons. The van der Waals surface area contributed by atoms with Crippen LogP contribution in [-0.2, 0) is 6.54 Å². The minimum atomic E-state index is 0.196. The van der Waals surface area contributed by atoms with E-state index < -0.39 is 0 Å². The summed E-state index contributed by atoms with van der Waals surface area (Å²) in [5.41, 5.74) is 7.95. The number of nitrogens with two attached hydrogens (primary N) is 1. The number of hydrogen-bond donors (Lipinski definition) is 1. The number of nitrogen functional groups attached to an aromatic ring is 1. The highest BCUT2D eigenvalue weighted by Crippen LogP contribution is 2.27. The van der Waals surface area contributed by atoms with Crippen LogP contribution in [0.5, 0.6) is 5.75 Å². The minimum absolute atomic E-state index is 0.196. The molecule has 3 nitrogen and oxygen atoms in total. The lowest BCUT2D eigenvalue weighted by Gasteiger charge is -2.33. The van der Waals surface area contributed by atoms with Crippen LogP contribution in [0.1, 0.15) is 45.6 Å². The second-order valence-electron chi connectivity index (χ2n) is 5.85. The van der Waals surface area contributed by atoms with Crippen LogP contribution in [0.4, 0.5) is 5.69 Å². The molecule has 1 aromatic carbocycles. The molecule has 1 atom stereocenters. The third-order valence-corrected chi connectivity index (χ3v) is 3.76. The van der Waals surface area contributed by atoms with Crippen molar-refractivity contribution in [3.8, 4) is 5.75 Å². The van der Waals surface area contributed by atoms with Gasteiger partial charge in [-0.3, -0.25) is 4.90 Å². The number of piperidine rings is 1. The molecule has 106 valence electrons. The number of anilines is 1. The van der Waals surface area contributed by atoms with Gasteiger partial charge in [-0.05, 0) is 58.4 Å². The Morgan fingerprint density at radius 2 is 2.16 bits per heavy atom. The summed E-state index contributed by atoms with van der Waals surface area (Å²) in [6.07, 6.45) is 4.14. The molecule has 1 aliphatic rings. The normalized spacial score (nSPS) is 20.7. The highest BCUT2D eigenvalue weighted by molar-refractivity contribution is 5.48. The Balaban J connectivity index is 2.15. The Hall–Kier alpha value is -1.22. The quantitative estimate of drug-likeness (QED) is 0.845. The Labute approximate surface area is 116 Å². The Kier molecular flexibility index (Phi) is 4.70. The molecule has 2 N–H and O–H groups in total. The van der Waals surface area contributed by atoms with Crippen molar-refractivity contribution in [3.63, 3.8) is 0 Å². The third kappa shape index (κ3) is 3.87. The van der Waals surface area contributed by atoms with E-state index in [1.165, 1.54) is 31.4 Å². The molecule has 1 aromatic rings. The van der Waals surface area contributed by atoms with Gasteiger partial charge in [0.2, 0.25) is 0 Å². The molecule has 3 heteroatoms. The summed E-state index contributed by atoms with van der Waals surface area (Å²) in [6, 6.07) is 6.63. The van der Waals surface area contributed by atoms with Gasteiger partial charge >= 0.3 is 0 Å². The fourth-order valence-corrected chi connectivity index (χ4v) is 2.70. The van der Waals surface area contributed by atoms with Crippen LogP contribution in [0, 0.1) is 0 Å². The largest absolute Gasteiger partial charge is 0.491 e. The van der Waals surface area contributed by atoms with Crippen molar-refractivity contribution in [1.29, 1.82) is 0 Å². The fraction of sp³-hybridized carbons (Fsp3) is 0.625. The van der Waals surface area contributed by atoms with E-state index in [0.29, 0.717) is 6.04 Å². The van der Waals surface area contributed by atoms with Crippen molar-refractivity contribution in [1.82, 2.24) is 4.90 Å². The first kappa shape index (κ1) is 14.2. The van der Waals surface area contributed by atoms with Gasteiger partial charge in [0, 0.05) is 23.8 Å². The Morgan fingerprint density at radius 1 is 1.37 bits per heavy atom. The maximum atomic E-state index is 5.92. The highest BCUT2D eigenvalue weighted by Gasteiger charge is 2.19. The standard InChI is InChI=1S/C16H26N2O/c1-12(2)19-16-8-7-15(17)10-14(16)11-18-9-5-4-6-13(18)3/h7-8,10,12-13H,4-6,9,11,17H2,1-3H3. The molecule has 0 aromatic heterocycles. The average Bonchev–Trinajstić information content (AvgIpc) is 2.35. The molecule has 2 rings (SSSR count). The van der Waals surface area contributed by atoms with Crippen LogP contribution in [0.2, 0.25) is 0 Å². The monoisotopic (exact) mass is 262 g/mol. The topological polar surface area (TPSA) is 38.5 Å². The molecular formula is C16H26N2O. The van der Waals surface area contributed by atoms with E-state index in [4.69, 9.17) is 10.5 Å². The zero-order valence-electron chi connectivity index (χ0n) is 12.4. The molecule has 0 amide bonds. The summed E-state index contributed by atoms with van der Waals surface area (Å²) in [5, 5.41) is 0. The van der Waals surface area contributed by atoms with Crippen molar-refractivity contribution in [2.75, 3.05) is 12.3 Å². The number of likely N-dealkylation sites (tertiary alicyclic amines) is 1. The molecular weight excluding hydrogens is 236 g/mol. The van der Waals surface area contributed by atoms with Gasteiger partial charge in [-0.25, -0.2) is 0 Å². The van der Waals surface area contributed by atoms with E-state index in [2.05, 4.69) is 31.7 Å². The summed E-state index contributed by atoms with van der Waals surface area (Å²) < 4.78 is 5.89. The smallest absolute Gasteiger partial charge is 0.124 e. The van der Waals surface area contributed by atoms with Crippen molar-refractivity contribution >= 4 is 5.69 Å². The molecule has 1 saturated heterocycles. The van der Waals surface area contributed by atoms with Gasteiger partial charge in [-0.1, -0.05) is 6.42 Å². The van der Waals surface area contributed by atoms with Crippen molar-refractivity contribution in [2.45, 2.75) is 58.7 Å². The molecule has 1 aliphatic heterocycles. The van der Waals surface area contributed by atoms with Crippen molar-refractivity contribution < 1.29 is 4.74 Å². The first-order valence-corrected chi connectivity index (χ1v) is 7.35. The van der Waals surface area contributed by atoms with E-state index >= 15 is 0 Å². The lowest BCUT2D eigenvalue weighted by atomic mass is 10.0. The maximum Gasteiger partial charge on any atom is 0.124 e. The third-order valence-electron chi connectivity index (χ3n) is 3.76. The van der Waals surface area contributed by atoms with Gasteiger partial charge in [0.25, 0.3) is 0 Å². The van der Waals surface area contributed by atoms with Gasteiger partial charge < -0.3 is 10.5 Å². The number of nitrogens with zero attached hydrogens (tertiary/aromatic N) is 1. The summed E-state index contributed by atoms with van der Waals surface area (Å²) in [7, 11) is 0. The van der Waals surface area contributed by atoms with E-state index in [-0.39, 0.29) is 6.10 Å².